The van der Waals surface area contributed by atoms with Crippen LogP contribution in [-0.4, -0.2) is 15.4 Å². The van der Waals surface area contributed by atoms with Crippen molar-refractivity contribution in [1.29, 1.82) is 0 Å². The fourth-order valence-corrected chi connectivity index (χ4v) is 2.96. The Morgan fingerprint density at radius 3 is 2.54 bits per heavy atom. The summed E-state index contributed by atoms with van der Waals surface area (Å²) in [6, 6.07) is 13.9. The number of hydrogen-bond acceptors (Lipinski definition) is 4. The lowest BCUT2D eigenvalue weighted by Gasteiger charge is -2.10. The van der Waals surface area contributed by atoms with E-state index in [9.17, 15) is 19.7 Å². The molecule has 0 aliphatic carbocycles. The van der Waals surface area contributed by atoms with E-state index in [-0.39, 0.29) is 28.5 Å². The van der Waals surface area contributed by atoms with Crippen molar-refractivity contribution in [3.8, 4) is 0 Å². The number of nitro benzene ring substituents is 1. The van der Waals surface area contributed by atoms with Gasteiger partial charge in [-0.1, -0.05) is 41.4 Å². The molecule has 0 spiro atoms. The molecule has 0 unspecified atom stereocenters. The van der Waals surface area contributed by atoms with Crippen molar-refractivity contribution in [3.63, 3.8) is 0 Å². The first-order valence-corrected chi connectivity index (χ1v) is 8.80. The smallest absolute Gasteiger partial charge is 0.289 e. The minimum absolute atomic E-state index is 0.0511. The van der Waals surface area contributed by atoms with Crippen LogP contribution in [0.1, 0.15) is 15.9 Å². The quantitative estimate of drug-likeness (QED) is 0.492. The molecule has 0 bridgehead atoms. The molecule has 1 N–H and O–H groups in total. The van der Waals surface area contributed by atoms with E-state index in [1.807, 2.05) is 0 Å². The van der Waals surface area contributed by atoms with Crippen molar-refractivity contribution in [1.82, 2.24) is 4.57 Å². The number of pyridine rings is 1. The van der Waals surface area contributed by atoms with Gasteiger partial charge in [0.1, 0.15) is 10.6 Å². The van der Waals surface area contributed by atoms with Crippen molar-refractivity contribution in [2.75, 3.05) is 5.32 Å². The summed E-state index contributed by atoms with van der Waals surface area (Å²) in [7, 11) is 0. The predicted molar refractivity (Wildman–Crippen MR) is 107 cm³/mol. The zero-order chi connectivity index (χ0) is 20.3. The summed E-state index contributed by atoms with van der Waals surface area (Å²) in [6.45, 7) is 0.200. The molecule has 0 saturated heterocycles. The number of anilines is 1. The van der Waals surface area contributed by atoms with E-state index in [2.05, 4.69) is 5.32 Å². The highest BCUT2D eigenvalue weighted by molar-refractivity contribution is 6.32. The second kappa shape index (κ2) is 8.24. The number of aromatic nitrogens is 1. The third kappa shape index (κ3) is 4.21. The van der Waals surface area contributed by atoms with Gasteiger partial charge in [-0.05, 0) is 35.9 Å². The second-order valence-electron chi connectivity index (χ2n) is 5.82. The number of carbonyl (C=O) groups is 1. The maximum atomic E-state index is 12.7. The van der Waals surface area contributed by atoms with Gasteiger partial charge >= 0.3 is 0 Å². The van der Waals surface area contributed by atoms with E-state index in [4.69, 9.17) is 23.2 Å². The highest BCUT2D eigenvalue weighted by Gasteiger charge is 2.17. The lowest BCUT2D eigenvalue weighted by Crippen LogP contribution is -2.29. The molecule has 28 heavy (non-hydrogen) atoms. The molecule has 0 atom stereocenters. The molecular weight excluding hydrogens is 405 g/mol. The molecule has 3 aromatic rings. The first-order chi connectivity index (χ1) is 13.4. The molecule has 9 heteroatoms. The Morgan fingerprint density at radius 2 is 1.82 bits per heavy atom. The van der Waals surface area contributed by atoms with Crippen molar-refractivity contribution in [3.05, 3.63) is 102 Å². The number of halogens is 2. The van der Waals surface area contributed by atoms with E-state index >= 15 is 0 Å². The van der Waals surface area contributed by atoms with E-state index in [0.29, 0.717) is 5.02 Å². The second-order valence-corrected chi connectivity index (χ2v) is 6.64. The summed E-state index contributed by atoms with van der Waals surface area (Å²) in [5, 5.41) is 13.9. The number of hydrogen-bond donors (Lipinski definition) is 1. The van der Waals surface area contributed by atoms with Gasteiger partial charge in [0.25, 0.3) is 17.2 Å². The van der Waals surface area contributed by atoms with E-state index < -0.39 is 16.4 Å². The van der Waals surface area contributed by atoms with Crippen molar-refractivity contribution in [2.24, 2.45) is 0 Å². The maximum absolute atomic E-state index is 12.7. The molecule has 0 saturated carbocycles. The lowest BCUT2D eigenvalue weighted by atomic mass is 10.2. The van der Waals surface area contributed by atoms with Gasteiger partial charge < -0.3 is 9.88 Å². The van der Waals surface area contributed by atoms with Gasteiger partial charge in [0.05, 0.1) is 11.5 Å². The number of nitrogens with one attached hydrogen (secondary N) is 1. The third-order valence-corrected chi connectivity index (χ3v) is 4.65. The molecule has 0 radical (unpaired) electrons. The summed E-state index contributed by atoms with van der Waals surface area (Å²) in [5.74, 6) is -0.685. The highest BCUT2D eigenvalue weighted by atomic mass is 35.5. The number of nitrogens with zero attached hydrogens (tertiary/aromatic N) is 2. The third-order valence-electron chi connectivity index (χ3n) is 3.96. The summed E-state index contributed by atoms with van der Waals surface area (Å²) in [5.41, 5.74) is -0.0710. The largest absolute Gasteiger partial charge is 0.322 e. The molecule has 3 rings (SSSR count). The monoisotopic (exact) mass is 417 g/mol. The van der Waals surface area contributed by atoms with Crippen LogP contribution in [0.25, 0.3) is 0 Å². The Morgan fingerprint density at radius 1 is 1.07 bits per heavy atom. The molecule has 0 aliphatic rings. The molecule has 7 nitrogen and oxygen atoms in total. The summed E-state index contributed by atoms with van der Waals surface area (Å²) in [4.78, 5) is 35.5. The topological polar surface area (TPSA) is 94.2 Å². The molecule has 142 valence electrons. The van der Waals surface area contributed by atoms with Crippen LogP contribution in [-0.2, 0) is 6.54 Å². The van der Waals surface area contributed by atoms with Crippen LogP contribution >= 0.6 is 23.2 Å². The number of nitro groups is 1. The lowest BCUT2D eigenvalue weighted by molar-refractivity contribution is -0.384. The minimum atomic E-state index is -0.685. The van der Waals surface area contributed by atoms with Crippen molar-refractivity contribution in [2.45, 2.75) is 6.54 Å². The zero-order valence-corrected chi connectivity index (χ0v) is 15.8. The van der Waals surface area contributed by atoms with Gasteiger partial charge in [-0.25, -0.2) is 0 Å². The van der Waals surface area contributed by atoms with Gasteiger partial charge in [-0.3, -0.25) is 19.7 Å². The van der Waals surface area contributed by atoms with Gasteiger partial charge in [0.2, 0.25) is 0 Å². The van der Waals surface area contributed by atoms with Crippen LogP contribution in [0.3, 0.4) is 0 Å². The van der Waals surface area contributed by atoms with Crippen LogP contribution in [0, 0.1) is 10.1 Å². The Hall–Kier alpha value is -3.16. The average Bonchev–Trinajstić information content (AvgIpc) is 2.66. The van der Waals surface area contributed by atoms with Crippen LogP contribution in [0.15, 0.2) is 65.6 Å². The first kappa shape index (κ1) is 19.6. The summed E-state index contributed by atoms with van der Waals surface area (Å²) in [6.07, 6.45) is 1.55. The minimum Gasteiger partial charge on any atom is -0.322 e. The van der Waals surface area contributed by atoms with Gasteiger partial charge in [0, 0.05) is 23.0 Å². The van der Waals surface area contributed by atoms with Crippen LogP contribution in [0.4, 0.5) is 11.4 Å². The molecule has 2 aromatic carbocycles. The Kier molecular flexibility index (Phi) is 5.77. The van der Waals surface area contributed by atoms with E-state index in [1.54, 1.807) is 36.5 Å². The Bertz CT molecular complexity index is 1130. The SMILES string of the molecule is O=C(Nc1ccc(Cl)c([N+](=O)[O-])c1)c1cccn(Cc2ccccc2Cl)c1=O. The summed E-state index contributed by atoms with van der Waals surface area (Å²) >= 11 is 11.9. The van der Waals surface area contributed by atoms with Gasteiger partial charge in [0.15, 0.2) is 0 Å². The van der Waals surface area contributed by atoms with Crippen molar-refractivity contribution >= 4 is 40.5 Å². The maximum Gasteiger partial charge on any atom is 0.289 e. The van der Waals surface area contributed by atoms with Crippen LogP contribution in [0.2, 0.25) is 10.0 Å². The molecule has 1 amide bonds. The fraction of sp³-hybridized carbons (Fsp3) is 0.0526. The van der Waals surface area contributed by atoms with Gasteiger partial charge in [-0.15, -0.1) is 0 Å². The Labute approximate surface area is 169 Å². The molecular formula is C19H13Cl2N3O4. The van der Waals surface area contributed by atoms with E-state index in [0.717, 1.165) is 11.6 Å². The summed E-state index contributed by atoms with van der Waals surface area (Å²) < 4.78 is 1.36. The van der Waals surface area contributed by atoms with Crippen LogP contribution < -0.4 is 10.9 Å². The highest BCUT2D eigenvalue weighted by Crippen LogP contribution is 2.27. The van der Waals surface area contributed by atoms with E-state index in [1.165, 1.54) is 22.8 Å². The van der Waals surface area contributed by atoms with Gasteiger partial charge in [-0.2, -0.15) is 0 Å². The number of rotatable bonds is 5. The molecule has 0 fully saturated rings. The molecule has 1 heterocycles. The Balaban J connectivity index is 1.87. The molecule has 0 aliphatic heterocycles. The first-order valence-electron chi connectivity index (χ1n) is 8.05. The number of amides is 1. The molecule has 1 aromatic heterocycles. The predicted octanol–water partition coefficient (Wildman–Crippen LogP) is 4.36. The number of benzene rings is 2. The zero-order valence-electron chi connectivity index (χ0n) is 14.3. The normalized spacial score (nSPS) is 10.5. The number of carbonyl (C=O) groups excluding carboxylic acids is 1. The fourth-order valence-electron chi connectivity index (χ4n) is 2.57. The standard InChI is InChI=1S/C19H13Cl2N3O4/c20-15-6-2-1-4-12(15)11-23-9-3-5-14(19(23)26)18(25)22-13-7-8-16(21)17(10-13)24(27)28/h1-10H,11H2,(H,22,25). The van der Waals surface area contributed by atoms with Crippen LogP contribution in [0.5, 0.6) is 0 Å². The average molecular weight is 418 g/mol. The van der Waals surface area contributed by atoms with Crippen molar-refractivity contribution < 1.29 is 9.72 Å².